The van der Waals surface area contributed by atoms with Crippen LogP contribution in [0.5, 0.6) is 0 Å². The molecule has 3 nitrogen and oxygen atoms in total. The number of hydrogen-bond acceptors (Lipinski definition) is 2. The van der Waals surface area contributed by atoms with Crippen molar-refractivity contribution in [3.05, 3.63) is 29.8 Å². The summed E-state index contributed by atoms with van der Waals surface area (Å²) in [5, 5.41) is 4.09. The van der Waals surface area contributed by atoms with Gasteiger partial charge in [0.05, 0.1) is 5.69 Å². The zero-order valence-corrected chi connectivity index (χ0v) is 12.5. The Balaban J connectivity index is 1.78. The van der Waals surface area contributed by atoms with Gasteiger partial charge in [0.1, 0.15) is 0 Å². The van der Waals surface area contributed by atoms with Gasteiger partial charge in [0, 0.05) is 6.04 Å². The maximum Gasteiger partial charge on any atom is 0.185 e. The molecule has 1 aliphatic carbocycles. The van der Waals surface area contributed by atoms with Crippen LogP contribution in [0.1, 0.15) is 38.2 Å². The second-order valence-corrected chi connectivity index (χ2v) is 5.87. The summed E-state index contributed by atoms with van der Waals surface area (Å²) < 4.78 is 0. The van der Waals surface area contributed by atoms with E-state index in [4.69, 9.17) is 12.2 Å². The number of thiocarbonyl (C=S) groups is 1. The van der Waals surface area contributed by atoms with Crippen molar-refractivity contribution in [3.63, 3.8) is 0 Å². The Labute approximate surface area is 121 Å². The molecule has 1 aromatic rings. The first kappa shape index (κ1) is 14.1. The average molecular weight is 277 g/mol. The van der Waals surface area contributed by atoms with E-state index in [2.05, 4.69) is 42.1 Å². The molecule has 4 heteroatoms. The van der Waals surface area contributed by atoms with Crippen molar-refractivity contribution in [1.82, 2.24) is 10.7 Å². The minimum Gasteiger partial charge on any atom is -0.358 e. The quantitative estimate of drug-likeness (QED) is 0.585. The van der Waals surface area contributed by atoms with E-state index >= 15 is 0 Å². The summed E-state index contributed by atoms with van der Waals surface area (Å²) in [4.78, 5) is 0. The summed E-state index contributed by atoms with van der Waals surface area (Å²) in [6, 6.07) is 8.71. The predicted octanol–water partition coefficient (Wildman–Crippen LogP) is 3.36. The topological polar surface area (TPSA) is 36.1 Å². The lowest BCUT2D eigenvalue weighted by Gasteiger charge is -2.30. The van der Waals surface area contributed by atoms with Gasteiger partial charge in [-0.3, -0.25) is 10.9 Å². The van der Waals surface area contributed by atoms with E-state index in [9.17, 15) is 0 Å². The van der Waals surface area contributed by atoms with E-state index in [1.807, 2.05) is 12.1 Å². The highest BCUT2D eigenvalue weighted by Gasteiger charge is 2.21. The van der Waals surface area contributed by atoms with E-state index in [1.54, 1.807) is 0 Å². The smallest absolute Gasteiger partial charge is 0.185 e. The number of benzene rings is 1. The van der Waals surface area contributed by atoms with Gasteiger partial charge in [-0.15, -0.1) is 0 Å². The van der Waals surface area contributed by atoms with Crippen LogP contribution in [0.4, 0.5) is 5.69 Å². The fourth-order valence-electron chi connectivity index (χ4n) is 2.59. The maximum absolute atomic E-state index is 5.34. The molecule has 104 valence electrons. The highest BCUT2D eigenvalue weighted by Crippen LogP contribution is 2.23. The van der Waals surface area contributed by atoms with E-state index in [0.717, 1.165) is 5.69 Å². The third-order valence-electron chi connectivity index (χ3n) is 3.77. The molecular formula is C15H23N3S. The Hall–Kier alpha value is -1.29. The van der Waals surface area contributed by atoms with Crippen molar-refractivity contribution < 1.29 is 0 Å². The monoisotopic (exact) mass is 277 g/mol. The molecule has 0 unspecified atom stereocenters. The molecular weight excluding hydrogens is 254 g/mol. The van der Waals surface area contributed by atoms with E-state index in [0.29, 0.717) is 17.1 Å². The predicted molar refractivity (Wildman–Crippen MR) is 85.1 cm³/mol. The SMILES string of the molecule is Cc1cccc(NNC(=S)N[C@@H]2CCCC[C@H]2C)c1. The van der Waals surface area contributed by atoms with Gasteiger partial charge >= 0.3 is 0 Å². The Morgan fingerprint density at radius 1 is 1.26 bits per heavy atom. The minimum absolute atomic E-state index is 0.507. The van der Waals surface area contributed by atoms with Crippen molar-refractivity contribution in [2.75, 3.05) is 5.43 Å². The van der Waals surface area contributed by atoms with Crippen LogP contribution in [-0.4, -0.2) is 11.2 Å². The minimum atomic E-state index is 0.507. The van der Waals surface area contributed by atoms with Gasteiger partial charge in [0.2, 0.25) is 0 Å². The molecule has 0 radical (unpaired) electrons. The molecule has 3 N–H and O–H groups in total. The van der Waals surface area contributed by atoms with Gasteiger partial charge in [-0.05, 0) is 55.6 Å². The van der Waals surface area contributed by atoms with Crippen LogP contribution in [0.25, 0.3) is 0 Å². The van der Waals surface area contributed by atoms with Crippen LogP contribution in [0.2, 0.25) is 0 Å². The van der Waals surface area contributed by atoms with Crippen LogP contribution in [0.15, 0.2) is 24.3 Å². The molecule has 1 saturated carbocycles. The summed E-state index contributed by atoms with van der Waals surface area (Å²) in [5.41, 5.74) is 8.46. The number of nitrogens with one attached hydrogen (secondary N) is 3. The molecule has 0 saturated heterocycles. The van der Waals surface area contributed by atoms with Crippen LogP contribution < -0.4 is 16.2 Å². The number of hydrazine groups is 1. The van der Waals surface area contributed by atoms with Crippen molar-refractivity contribution in [1.29, 1.82) is 0 Å². The lowest BCUT2D eigenvalue weighted by atomic mass is 9.86. The second-order valence-electron chi connectivity index (χ2n) is 5.46. The Morgan fingerprint density at radius 3 is 2.79 bits per heavy atom. The van der Waals surface area contributed by atoms with Crippen molar-refractivity contribution in [2.24, 2.45) is 5.92 Å². The lowest BCUT2D eigenvalue weighted by molar-refractivity contribution is 0.308. The molecule has 1 fully saturated rings. The summed E-state index contributed by atoms with van der Waals surface area (Å²) in [5.74, 6) is 0.701. The molecule has 0 spiro atoms. The third-order valence-corrected chi connectivity index (χ3v) is 3.99. The van der Waals surface area contributed by atoms with Crippen LogP contribution >= 0.6 is 12.2 Å². The Kier molecular flexibility index (Phi) is 5.02. The zero-order chi connectivity index (χ0) is 13.7. The van der Waals surface area contributed by atoms with Crippen molar-refractivity contribution in [2.45, 2.75) is 45.6 Å². The zero-order valence-electron chi connectivity index (χ0n) is 11.7. The van der Waals surface area contributed by atoms with Crippen LogP contribution in [0, 0.1) is 12.8 Å². The molecule has 1 aliphatic rings. The number of hydrogen-bond donors (Lipinski definition) is 3. The maximum atomic E-state index is 5.34. The van der Waals surface area contributed by atoms with E-state index < -0.39 is 0 Å². The Bertz CT molecular complexity index is 433. The van der Waals surface area contributed by atoms with Gasteiger partial charge in [-0.1, -0.05) is 31.9 Å². The van der Waals surface area contributed by atoms with Gasteiger partial charge < -0.3 is 5.32 Å². The standard InChI is InChI=1S/C15H23N3S/c1-11-6-5-8-13(10-11)17-18-15(19)16-14-9-4-3-7-12(14)2/h5-6,8,10,12,14,17H,3-4,7,9H2,1-2H3,(H2,16,18,19)/t12-,14-/m1/s1. The molecule has 1 aromatic carbocycles. The summed E-state index contributed by atoms with van der Waals surface area (Å²) in [7, 11) is 0. The Morgan fingerprint density at radius 2 is 2.05 bits per heavy atom. The first-order valence-corrected chi connectivity index (χ1v) is 7.45. The lowest BCUT2D eigenvalue weighted by Crippen LogP contribution is -2.47. The summed E-state index contributed by atoms with van der Waals surface area (Å²) in [6.07, 6.45) is 5.16. The largest absolute Gasteiger partial charge is 0.358 e. The van der Waals surface area contributed by atoms with Gasteiger partial charge in [-0.2, -0.15) is 0 Å². The number of rotatable bonds is 3. The van der Waals surface area contributed by atoms with Crippen molar-refractivity contribution >= 4 is 23.0 Å². The average Bonchev–Trinajstić information content (AvgIpc) is 2.39. The summed E-state index contributed by atoms with van der Waals surface area (Å²) in [6.45, 7) is 4.37. The molecule has 0 aliphatic heterocycles. The molecule has 0 bridgehead atoms. The van der Waals surface area contributed by atoms with Gasteiger partial charge in [0.15, 0.2) is 5.11 Å². The molecule has 19 heavy (non-hydrogen) atoms. The molecule has 0 aromatic heterocycles. The number of aryl methyl sites for hydroxylation is 1. The second kappa shape index (κ2) is 6.75. The van der Waals surface area contributed by atoms with Gasteiger partial charge in [0.25, 0.3) is 0 Å². The third kappa shape index (κ3) is 4.39. The van der Waals surface area contributed by atoms with Crippen LogP contribution in [0.3, 0.4) is 0 Å². The first-order chi connectivity index (χ1) is 9.15. The fraction of sp³-hybridized carbons (Fsp3) is 0.533. The number of anilines is 1. The first-order valence-electron chi connectivity index (χ1n) is 7.04. The molecule has 2 atom stereocenters. The van der Waals surface area contributed by atoms with Crippen LogP contribution in [-0.2, 0) is 0 Å². The van der Waals surface area contributed by atoms with Gasteiger partial charge in [-0.25, -0.2) is 0 Å². The molecule has 0 heterocycles. The van der Waals surface area contributed by atoms with E-state index in [-0.39, 0.29) is 0 Å². The van der Waals surface area contributed by atoms with E-state index in [1.165, 1.54) is 31.2 Å². The molecule has 0 amide bonds. The normalized spacial score (nSPS) is 22.6. The molecule has 2 rings (SSSR count). The fourth-order valence-corrected chi connectivity index (χ4v) is 2.79. The van der Waals surface area contributed by atoms with Crippen molar-refractivity contribution in [3.8, 4) is 0 Å². The summed E-state index contributed by atoms with van der Waals surface area (Å²) >= 11 is 5.34. The highest BCUT2D eigenvalue weighted by molar-refractivity contribution is 7.80. The highest BCUT2D eigenvalue weighted by atomic mass is 32.1.